The monoisotopic (exact) mass is 222 g/mol. The van der Waals surface area contributed by atoms with Crippen LogP contribution in [0.5, 0.6) is 5.75 Å². The third-order valence-corrected chi connectivity index (χ3v) is 2.20. The minimum absolute atomic E-state index is 0.0979. The van der Waals surface area contributed by atoms with Gasteiger partial charge in [-0.1, -0.05) is 12.1 Å². The van der Waals surface area contributed by atoms with Gasteiger partial charge in [-0.05, 0) is 26.2 Å². The van der Waals surface area contributed by atoms with E-state index in [0.29, 0.717) is 17.9 Å². The molecular weight excluding hydrogens is 204 g/mol. The highest BCUT2D eigenvalue weighted by atomic mass is 16.5. The maximum Gasteiger partial charge on any atom is 0.255 e. The van der Waals surface area contributed by atoms with E-state index in [4.69, 9.17) is 4.74 Å². The minimum atomic E-state index is -0.0979. The third-order valence-electron chi connectivity index (χ3n) is 2.20. The molecule has 0 saturated heterocycles. The summed E-state index contributed by atoms with van der Waals surface area (Å²) in [6, 6.07) is 7.20. The van der Waals surface area contributed by atoms with Gasteiger partial charge in [0.25, 0.3) is 5.91 Å². The molecule has 88 valence electrons. The Hall–Kier alpha value is -1.55. The number of nitrogens with zero attached hydrogens (tertiary/aromatic N) is 1. The first-order valence-corrected chi connectivity index (χ1v) is 5.21. The SMILES string of the molecule is COc1ccccc1C(=O)NCCN(C)C. The molecule has 0 heterocycles. The predicted molar refractivity (Wildman–Crippen MR) is 63.9 cm³/mol. The topological polar surface area (TPSA) is 41.6 Å². The second kappa shape index (κ2) is 6.12. The van der Waals surface area contributed by atoms with E-state index in [0.717, 1.165) is 6.54 Å². The first-order chi connectivity index (χ1) is 7.65. The van der Waals surface area contributed by atoms with Gasteiger partial charge in [0, 0.05) is 13.1 Å². The first kappa shape index (κ1) is 12.5. The lowest BCUT2D eigenvalue weighted by molar-refractivity contribution is 0.0948. The number of hydrogen-bond donors (Lipinski definition) is 1. The van der Waals surface area contributed by atoms with Crippen molar-refractivity contribution in [3.05, 3.63) is 29.8 Å². The highest BCUT2D eigenvalue weighted by Crippen LogP contribution is 2.16. The summed E-state index contributed by atoms with van der Waals surface area (Å²) in [5, 5.41) is 2.84. The summed E-state index contributed by atoms with van der Waals surface area (Å²) in [6.07, 6.45) is 0. The van der Waals surface area contributed by atoms with Gasteiger partial charge in [0.2, 0.25) is 0 Å². The van der Waals surface area contributed by atoms with Crippen LogP contribution in [0.1, 0.15) is 10.4 Å². The van der Waals surface area contributed by atoms with Gasteiger partial charge in [-0.15, -0.1) is 0 Å². The summed E-state index contributed by atoms with van der Waals surface area (Å²) in [7, 11) is 5.50. The van der Waals surface area contributed by atoms with E-state index >= 15 is 0 Å². The third kappa shape index (κ3) is 3.55. The van der Waals surface area contributed by atoms with Crippen LogP contribution >= 0.6 is 0 Å². The Bertz CT molecular complexity index is 351. The Morgan fingerprint density at radius 3 is 2.69 bits per heavy atom. The van der Waals surface area contributed by atoms with Gasteiger partial charge in [-0.3, -0.25) is 4.79 Å². The Labute approximate surface area is 96.2 Å². The normalized spacial score (nSPS) is 10.2. The fourth-order valence-electron chi connectivity index (χ4n) is 1.32. The lowest BCUT2D eigenvalue weighted by Gasteiger charge is -2.11. The smallest absolute Gasteiger partial charge is 0.255 e. The molecule has 1 N–H and O–H groups in total. The maximum absolute atomic E-state index is 11.8. The summed E-state index contributed by atoms with van der Waals surface area (Å²) in [5.41, 5.74) is 0.573. The highest BCUT2D eigenvalue weighted by Gasteiger charge is 2.10. The number of para-hydroxylation sites is 1. The van der Waals surface area contributed by atoms with Gasteiger partial charge in [-0.2, -0.15) is 0 Å². The van der Waals surface area contributed by atoms with Crippen molar-refractivity contribution >= 4 is 5.91 Å². The van der Waals surface area contributed by atoms with Gasteiger partial charge < -0.3 is 15.0 Å². The molecule has 1 amide bonds. The largest absolute Gasteiger partial charge is 0.496 e. The van der Waals surface area contributed by atoms with Crippen LogP contribution in [-0.2, 0) is 0 Å². The number of nitrogens with one attached hydrogen (secondary N) is 1. The molecule has 0 bridgehead atoms. The Kier molecular flexibility index (Phi) is 4.79. The molecule has 0 aromatic heterocycles. The summed E-state index contributed by atoms with van der Waals surface area (Å²) < 4.78 is 5.12. The number of hydrogen-bond acceptors (Lipinski definition) is 3. The van der Waals surface area contributed by atoms with Crippen LogP contribution in [0, 0.1) is 0 Å². The summed E-state index contributed by atoms with van der Waals surface area (Å²) in [5.74, 6) is 0.504. The number of amides is 1. The summed E-state index contributed by atoms with van der Waals surface area (Å²) in [4.78, 5) is 13.8. The van der Waals surface area contributed by atoms with Crippen LogP contribution in [-0.4, -0.2) is 45.1 Å². The molecule has 4 nitrogen and oxygen atoms in total. The molecule has 0 saturated carbocycles. The number of carbonyl (C=O) groups excluding carboxylic acids is 1. The van der Waals surface area contributed by atoms with Crippen LogP contribution in [0.25, 0.3) is 0 Å². The number of ether oxygens (including phenoxy) is 1. The Morgan fingerprint density at radius 1 is 1.38 bits per heavy atom. The second-order valence-corrected chi connectivity index (χ2v) is 3.76. The van der Waals surface area contributed by atoms with E-state index < -0.39 is 0 Å². The molecule has 0 spiro atoms. The summed E-state index contributed by atoms with van der Waals surface area (Å²) in [6.45, 7) is 1.45. The van der Waals surface area contributed by atoms with Crippen molar-refractivity contribution < 1.29 is 9.53 Å². The highest BCUT2D eigenvalue weighted by molar-refractivity contribution is 5.96. The van der Waals surface area contributed by atoms with Crippen LogP contribution in [0.3, 0.4) is 0 Å². The average molecular weight is 222 g/mol. The van der Waals surface area contributed by atoms with E-state index in [-0.39, 0.29) is 5.91 Å². The maximum atomic E-state index is 11.8. The van der Waals surface area contributed by atoms with E-state index in [9.17, 15) is 4.79 Å². The molecular formula is C12H18N2O2. The van der Waals surface area contributed by atoms with Crippen molar-refractivity contribution in [1.82, 2.24) is 10.2 Å². The zero-order valence-electron chi connectivity index (χ0n) is 9.99. The molecule has 0 aliphatic heterocycles. The van der Waals surface area contributed by atoms with Gasteiger partial charge in [-0.25, -0.2) is 0 Å². The number of likely N-dealkylation sites (N-methyl/N-ethyl adjacent to an activating group) is 1. The molecule has 0 fully saturated rings. The van der Waals surface area contributed by atoms with Gasteiger partial charge in [0.15, 0.2) is 0 Å². The Morgan fingerprint density at radius 2 is 2.06 bits per heavy atom. The van der Waals surface area contributed by atoms with E-state index in [1.165, 1.54) is 0 Å². The molecule has 4 heteroatoms. The van der Waals surface area contributed by atoms with Crippen LogP contribution in [0.15, 0.2) is 24.3 Å². The molecule has 1 aromatic carbocycles. The van der Waals surface area contributed by atoms with Crippen molar-refractivity contribution in [3.63, 3.8) is 0 Å². The lowest BCUT2D eigenvalue weighted by atomic mass is 10.2. The van der Waals surface area contributed by atoms with Crippen molar-refractivity contribution in [2.45, 2.75) is 0 Å². The molecule has 0 radical (unpaired) electrons. The van der Waals surface area contributed by atoms with Crippen molar-refractivity contribution in [2.75, 3.05) is 34.3 Å². The number of carbonyl (C=O) groups is 1. The van der Waals surface area contributed by atoms with Crippen molar-refractivity contribution in [3.8, 4) is 5.75 Å². The molecule has 0 unspecified atom stereocenters. The van der Waals surface area contributed by atoms with Crippen LogP contribution in [0.4, 0.5) is 0 Å². The molecule has 0 aliphatic carbocycles. The zero-order valence-corrected chi connectivity index (χ0v) is 9.99. The zero-order chi connectivity index (χ0) is 12.0. The fraction of sp³-hybridized carbons (Fsp3) is 0.417. The number of methoxy groups -OCH3 is 1. The first-order valence-electron chi connectivity index (χ1n) is 5.21. The van der Waals surface area contributed by atoms with Crippen LogP contribution in [0.2, 0.25) is 0 Å². The van der Waals surface area contributed by atoms with Crippen molar-refractivity contribution in [2.24, 2.45) is 0 Å². The number of rotatable bonds is 5. The lowest BCUT2D eigenvalue weighted by Crippen LogP contribution is -2.31. The average Bonchev–Trinajstić information content (AvgIpc) is 2.28. The molecule has 1 rings (SSSR count). The van der Waals surface area contributed by atoms with Gasteiger partial charge >= 0.3 is 0 Å². The van der Waals surface area contributed by atoms with E-state index in [2.05, 4.69) is 5.32 Å². The quantitative estimate of drug-likeness (QED) is 0.807. The van der Waals surface area contributed by atoms with Gasteiger partial charge in [0.1, 0.15) is 5.75 Å². The fourth-order valence-corrected chi connectivity index (χ4v) is 1.32. The molecule has 16 heavy (non-hydrogen) atoms. The predicted octanol–water partition coefficient (Wildman–Crippen LogP) is 0.987. The molecule has 0 atom stereocenters. The van der Waals surface area contributed by atoms with Gasteiger partial charge in [0.05, 0.1) is 12.7 Å². The standard InChI is InChI=1S/C12H18N2O2/c1-14(2)9-8-13-12(15)10-6-4-5-7-11(10)16-3/h4-7H,8-9H2,1-3H3,(H,13,15). The van der Waals surface area contributed by atoms with E-state index in [1.807, 2.05) is 31.1 Å². The Balaban J connectivity index is 2.59. The van der Waals surface area contributed by atoms with Crippen LogP contribution < -0.4 is 10.1 Å². The molecule has 1 aromatic rings. The number of benzene rings is 1. The minimum Gasteiger partial charge on any atom is -0.496 e. The van der Waals surface area contributed by atoms with E-state index in [1.54, 1.807) is 19.2 Å². The van der Waals surface area contributed by atoms with Crippen molar-refractivity contribution in [1.29, 1.82) is 0 Å². The molecule has 0 aliphatic rings. The second-order valence-electron chi connectivity index (χ2n) is 3.76. The summed E-state index contributed by atoms with van der Waals surface area (Å²) >= 11 is 0.